The highest BCUT2D eigenvalue weighted by Crippen LogP contribution is 2.29. The van der Waals surface area contributed by atoms with Crippen LogP contribution in [-0.4, -0.2) is 34.7 Å². The number of ether oxygens (including phenoxy) is 2. The average molecular weight is 453 g/mol. The lowest BCUT2D eigenvalue weighted by molar-refractivity contribution is -0.384. The average Bonchev–Trinajstić information content (AvgIpc) is 3.28. The van der Waals surface area contributed by atoms with E-state index in [0.717, 1.165) is 0 Å². The monoisotopic (exact) mass is 453 g/mol. The summed E-state index contributed by atoms with van der Waals surface area (Å²) in [6, 6.07) is 13.0. The molecule has 33 heavy (non-hydrogen) atoms. The first-order chi connectivity index (χ1) is 15.9. The number of nitrogens with one attached hydrogen (secondary N) is 1. The molecule has 11 nitrogen and oxygen atoms in total. The molecule has 3 aromatic rings. The van der Waals surface area contributed by atoms with Crippen molar-refractivity contribution in [1.29, 1.82) is 0 Å². The molecule has 0 atom stereocenters. The Hall–Kier alpha value is -4.67. The summed E-state index contributed by atoms with van der Waals surface area (Å²) in [4.78, 5) is 33.1. The first-order valence-corrected chi connectivity index (χ1v) is 9.67. The van der Waals surface area contributed by atoms with Crippen LogP contribution < -0.4 is 14.9 Å². The van der Waals surface area contributed by atoms with Gasteiger partial charge in [0.2, 0.25) is 5.76 Å². The molecule has 2 aromatic carbocycles. The number of hydrogen-bond acceptors (Lipinski definition) is 8. The normalized spacial score (nSPS) is 10.7. The van der Waals surface area contributed by atoms with E-state index < -0.39 is 16.8 Å². The minimum absolute atomic E-state index is 0.00604. The van der Waals surface area contributed by atoms with E-state index in [9.17, 15) is 19.7 Å². The Morgan fingerprint density at radius 3 is 2.52 bits per heavy atom. The molecule has 11 heteroatoms. The highest BCUT2D eigenvalue weighted by atomic mass is 16.6. The molecule has 1 heterocycles. The molecule has 0 unspecified atom stereocenters. The van der Waals surface area contributed by atoms with Crippen molar-refractivity contribution in [3.05, 3.63) is 87.4 Å². The summed E-state index contributed by atoms with van der Waals surface area (Å²) in [6.45, 7) is 2.18. The molecular weight excluding hydrogens is 434 g/mol. The predicted octanol–water partition coefficient (Wildman–Crippen LogP) is 3.63. The number of benzene rings is 2. The molecule has 170 valence electrons. The number of amides is 1. The summed E-state index contributed by atoms with van der Waals surface area (Å²) in [6.07, 6.45) is 1.40. The van der Waals surface area contributed by atoms with E-state index in [1.807, 2.05) is 0 Å². The van der Waals surface area contributed by atoms with Crippen LogP contribution in [0.2, 0.25) is 0 Å². The van der Waals surface area contributed by atoms with Gasteiger partial charge in [0, 0.05) is 17.7 Å². The Bertz CT molecular complexity index is 1180. The number of carboxylic acids is 1. The Kier molecular flexibility index (Phi) is 7.37. The zero-order chi connectivity index (χ0) is 23.8. The number of carbonyl (C=O) groups excluding carboxylic acids is 1. The third kappa shape index (κ3) is 6.17. The van der Waals surface area contributed by atoms with Crippen molar-refractivity contribution in [3.63, 3.8) is 0 Å². The fourth-order valence-electron chi connectivity index (χ4n) is 2.68. The second-order valence-corrected chi connectivity index (χ2v) is 6.50. The molecule has 0 saturated heterocycles. The number of nitrogens with zero attached hydrogens (tertiary/aromatic N) is 2. The van der Waals surface area contributed by atoms with Crippen LogP contribution >= 0.6 is 0 Å². The zero-order valence-corrected chi connectivity index (χ0v) is 17.4. The van der Waals surface area contributed by atoms with Gasteiger partial charge in [-0.3, -0.25) is 14.9 Å². The highest BCUT2D eigenvalue weighted by Gasteiger charge is 2.12. The number of rotatable bonds is 10. The Balaban J connectivity index is 1.63. The molecule has 3 rings (SSSR count). The van der Waals surface area contributed by atoms with E-state index in [0.29, 0.717) is 29.4 Å². The molecule has 0 aliphatic rings. The lowest BCUT2D eigenvalue weighted by Gasteiger charge is -2.11. The molecule has 0 saturated carbocycles. The van der Waals surface area contributed by atoms with E-state index in [-0.39, 0.29) is 23.6 Å². The number of hydrogen-bond donors (Lipinski definition) is 2. The Morgan fingerprint density at radius 2 is 1.88 bits per heavy atom. The molecule has 2 N–H and O–H groups in total. The van der Waals surface area contributed by atoms with Crippen molar-refractivity contribution in [1.82, 2.24) is 5.43 Å². The van der Waals surface area contributed by atoms with Crippen molar-refractivity contribution >= 4 is 23.8 Å². The predicted molar refractivity (Wildman–Crippen MR) is 116 cm³/mol. The maximum atomic E-state index is 12.1. The number of non-ortho nitro benzene ring substituents is 1. The van der Waals surface area contributed by atoms with Crippen molar-refractivity contribution in [2.75, 3.05) is 6.61 Å². The molecule has 0 aliphatic carbocycles. The second kappa shape index (κ2) is 10.6. The van der Waals surface area contributed by atoms with Crippen LogP contribution in [-0.2, 0) is 6.61 Å². The van der Waals surface area contributed by atoms with Gasteiger partial charge in [-0.25, -0.2) is 10.2 Å². The van der Waals surface area contributed by atoms with Gasteiger partial charge in [-0.2, -0.15) is 5.10 Å². The van der Waals surface area contributed by atoms with Crippen LogP contribution in [0.15, 0.2) is 64.1 Å². The van der Waals surface area contributed by atoms with Gasteiger partial charge in [0.1, 0.15) is 12.4 Å². The number of furan rings is 1. The van der Waals surface area contributed by atoms with Crippen molar-refractivity contribution in [2.24, 2.45) is 5.10 Å². The van der Waals surface area contributed by atoms with Gasteiger partial charge < -0.3 is 19.0 Å². The summed E-state index contributed by atoms with van der Waals surface area (Å²) in [5.41, 5.74) is 3.07. The fourth-order valence-corrected chi connectivity index (χ4v) is 2.68. The summed E-state index contributed by atoms with van der Waals surface area (Å²) in [5, 5.41) is 23.5. The number of nitro benzene ring substituents is 1. The Morgan fingerprint density at radius 1 is 1.12 bits per heavy atom. The maximum absolute atomic E-state index is 12.1. The smallest absolute Gasteiger partial charge is 0.371 e. The number of hydrazone groups is 1. The van der Waals surface area contributed by atoms with E-state index in [2.05, 4.69) is 10.5 Å². The third-order valence-corrected chi connectivity index (χ3v) is 4.23. The Labute approximate surface area is 187 Å². The minimum Gasteiger partial charge on any atom is -0.490 e. The zero-order valence-electron chi connectivity index (χ0n) is 17.4. The molecule has 0 fully saturated rings. The van der Waals surface area contributed by atoms with Gasteiger partial charge in [0.15, 0.2) is 11.5 Å². The molecular formula is C22H19N3O8. The van der Waals surface area contributed by atoms with Gasteiger partial charge in [-0.15, -0.1) is 0 Å². The summed E-state index contributed by atoms with van der Waals surface area (Å²) in [7, 11) is 0. The van der Waals surface area contributed by atoms with Gasteiger partial charge in [-0.05, 0) is 55.0 Å². The van der Waals surface area contributed by atoms with Gasteiger partial charge >= 0.3 is 5.97 Å². The number of nitro groups is 1. The molecule has 1 amide bonds. The van der Waals surface area contributed by atoms with Crippen LogP contribution in [0.5, 0.6) is 11.5 Å². The topological polar surface area (TPSA) is 154 Å². The van der Waals surface area contributed by atoms with Crippen LogP contribution in [0, 0.1) is 10.1 Å². The van der Waals surface area contributed by atoms with Gasteiger partial charge in [-0.1, -0.05) is 0 Å². The summed E-state index contributed by atoms with van der Waals surface area (Å²) in [5.74, 6) is -0.688. The van der Waals surface area contributed by atoms with Crippen molar-refractivity contribution < 1.29 is 33.5 Å². The molecule has 1 aromatic heterocycles. The highest BCUT2D eigenvalue weighted by molar-refractivity contribution is 5.95. The molecule has 0 radical (unpaired) electrons. The minimum atomic E-state index is -1.17. The standard InChI is InChI=1S/C22H19N3O8/c1-2-31-20-11-14(3-9-18(20)32-13-17-8-10-19(33-17)22(27)28)12-23-24-21(26)15-4-6-16(7-5-15)25(29)30/h3-12H,2,13H2,1H3,(H,24,26)(H,27,28). The fraction of sp³-hybridized carbons (Fsp3) is 0.136. The largest absolute Gasteiger partial charge is 0.490 e. The van der Waals surface area contributed by atoms with Crippen molar-refractivity contribution in [3.8, 4) is 11.5 Å². The van der Waals surface area contributed by atoms with Crippen LogP contribution in [0.3, 0.4) is 0 Å². The number of aromatic carboxylic acids is 1. The second-order valence-electron chi connectivity index (χ2n) is 6.50. The number of carbonyl (C=O) groups is 2. The van der Waals surface area contributed by atoms with Crippen molar-refractivity contribution in [2.45, 2.75) is 13.5 Å². The van der Waals surface area contributed by atoms with E-state index in [1.54, 1.807) is 25.1 Å². The SMILES string of the molecule is CCOc1cc(C=NNC(=O)c2ccc([N+](=O)[O-])cc2)ccc1OCc1ccc(C(=O)O)o1. The van der Waals surface area contributed by atoms with Crippen LogP contribution in [0.1, 0.15) is 39.2 Å². The third-order valence-electron chi connectivity index (χ3n) is 4.23. The van der Waals surface area contributed by atoms with Gasteiger partial charge in [0.25, 0.3) is 11.6 Å². The summed E-state index contributed by atoms with van der Waals surface area (Å²) < 4.78 is 16.4. The molecule has 0 aliphatic heterocycles. The van der Waals surface area contributed by atoms with E-state index >= 15 is 0 Å². The lowest BCUT2D eigenvalue weighted by Crippen LogP contribution is -2.17. The lowest BCUT2D eigenvalue weighted by atomic mass is 10.2. The molecule has 0 spiro atoms. The number of carboxylic acid groups (broad SMARTS) is 1. The van der Waals surface area contributed by atoms with Gasteiger partial charge in [0.05, 0.1) is 17.7 Å². The maximum Gasteiger partial charge on any atom is 0.371 e. The van der Waals surface area contributed by atoms with Crippen LogP contribution in [0.4, 0.5) is 5.69 Å². The van der Waals surface area contributed by atoms with E-state index in [4.69, 9.17) is 19.0 Å². The van der Waals surface area contributed by atoms with Crippen LogP contribution in [0.25, 0.3) is 0 Å². The quantitative estimate of drug-likeness (QED) is 0.268. The first kappa shape index (κ1) is 23.0. The summed E-state index contributed by atoms with van der Waals surface area (Å²) >= 11 is 0. The molecule has 0 bridgehead atoms. The van der Waals surface area contributed by atoms with E-state index in [1.165, 1.54) is 42.6 Å². The first-order valence-electron chi connectivity index (χ1n) is 9.67.